The van der Waals surface area contributed by atoms with Gasteiger partial charge in [0.15, 0.2) is 0 Å². The summed E-state index contributed by atoms with van der Waals surface area (Å²) < 4.78 is 128. The van der Waals surface area contributed by atoms with Crippen molar-refractivity contribution in [1.29, 1.82) is 0 Å². The standard InChI is InChI=1S/C9H19NO2.C7H7NO3.C7H7NO2.C5H11NO3.C4H11NO4S.C4H10NO4S.C4H9NO3.2C3H7NO3.C3H7NO2.C2H5NO2.3Na.2O3S/c1-2-3-4-5-6-7-8-9(11)10-12;9-7(8-10)11-6-4-2-1-3-5-6;9-7(8-10)6-4-2-1-3-5-6;1-5(2,3)9-4(7)6-8;2*1-2-5(6)3-4-10(7,8)9;1-5(8)3-2-4(6)7;1-4(6)3(5)7-2;1-2-7-3(5)4-6;1-3(5)4(2)6;1-2(4)3-5;;;;2*1-4(2)3/h12H,2-8H2,1H3,(H,10,11);1-5,10H,(H,8,9);1-5,10H,(H,8,9);8H,1-3H3,(H,6,7);6H,2-4H2,1H3,(H,7,8,9);6H,1-4H2,(H,7,8,9);8H,2-3H2,1H3,(H,6,7);6H,1-2H3;6H,2H2,1H3,(H,4,5);6H,1-2H3;5H,1H3,(H,3,4);;;;;/q;;;;;-1;;;;;;3*+1;;/p-2. The Morgan fingerprint density at radius 1 is 0.557 bits per heavy atom. The maximum Gasteiger partial charge on any atom is 1.00 e. The number of hydrogen-bond acceptors (Lipinski definition) is 39. The van der Waals surface area contributed by atoms with Crippen molar-refractivity contribution in [2.45, 2.75) is 112 Å². The number of carbonyl (C=O) groups excluding carboxylic acids is 8. The van der Waals surface area contributed by atoms with Crippen LogP contribution in [0.1, 0.15) is 117 Å². The van der Waals surface area contributed by atoms with E-state index < -0.39 is 101 Å². The Kier molecular flexibility index (Phi) is 115. The van der Waals surface area contributed by atoms with E-state index in [1.165, 1.54) is 89.7 Å². The summed E-state index contributed by atoms with van der Waals surface area (Å²) in [6, 6.07) is 16.9. The van der Waals surface area contributed by atoms with Crippen LogP contribution in [0, 0.1) is 6.92 Å². The molecule has 0 aromatic heterocycles. The molecule has 0 heterocycles. The molecule has 0 atom stereocenters. The molecule has 0 saturated carbocycles. The summed E-state index contributed by atoms with van der Waals surface area (Å²) in [5.41, 5.74) is 8.48. The number of nitrogens with zero attached hydrogens (tertiary/aromatic N) is 5. The third-order valence-electron chi connectivity index (χ3n) is 8.44. The van der Waals surface area contributed by atoms with Crippen LogP contribution in [0.15, 0.2) is 60.7 Å². The van der Waals surface area contributed by atoms with E-state index in [1.807, 2.05) is 0 Å². The zero-order valence-corrected chi connectivity index (χ0v) is 70.5. The number of carboxylic acids is 1. The molecule has 55 heteroatoms. The van der Waals surface area contributed by atoms with Crippen molar-refractivity contribution in [3.8, 4) is 5.75 Å². The predicted octanol–water partition coefficient (Wildman–Crippen LogP) is -8.24. The van der Waals surface area contributed by atoms with Gasteiger partial charge in [0.1, 0.15) is 11.4 Å². The van der Waals surface area contributed by atoms with Crippen molar-refractivity contribution >= 4 is 95.4 Å². The number of amides is 8. The molecule has 0 spiro atoms. The number of aliphatic carboxylic acids is 1. The summed E-state index contributed by atoms with van der Waals surface area (Å²) in [7, 11) is -9.55. The summed E-state index contributed by atoms with van der Waals surface area (Å²) >= 11 is 0. The molecule has 2 aromatic rings. The molecule has 0 aliphatic carbocycles. The van der Waals surface area contributed by atoms with Crippen LogP contribution in [-0.4, -0.2) is 278 Å². The summed E-state index contributed by atoms with van der Waals surface area (Å²) in [5.74, 6) is -3.19. The van der Waals surface area contributed by atoms with Crippen molar-refractivity contribution < 1.29 is 264 Å². The van der Waals surface area contributed by atoms with E-state index in [9.17, 15) is 69.1 Å². The molecule has 0 unspecified atom stereocenters. The van der Waals surface area contributed by atoms with Gasteiger partial charge in [0.05, 0.1) is 51.9 Å². The van der Waals surface area contributed by atoms with Crippen LogP contribution in [0.2, 0.25) is 0 Å². The van der Waals surface area contributed by atoms with Gasteiger partial charge in [0, 0.05) is 73.2 Å². The second kappa shape index (κ2) is 91.8. The predicted molar refractivity (Wildman–Crippen MR) is 345 cm³/mol. The van der Waals surface area contributed by atoms with E-state index in [4.69, 9.17) is 87.6 Å². The molecular formula is C51H98N11Na3O37S4. The number of benzene rings is 2. The number of methoxy groups -OCH3 is 1. The first kappa shape index (κ1) is 133. The third kappa shape index (κ3) is 156. The van der Waals surface area contributed by atoms with Crippen molar-refractivity contribution in [2.75, 3.05) is 79.1 Å². The van der Waals surface area contributed by atoms with Crippen LogP contribution in [0.4, 0.5) is 19.2 Å². The Morgan fingerprint density at radius 3 is 1.17 bits per heavy atom. The molecule has 0 radical (unpaired) electrons. The van der Waals surface area contributed by atoms with Crippen LogP contribution in [0.5, 0.6) is 5.75 Å². The fourth-order valence-corrected chi connectivity index (χ4v) is 4.82. The van der Waals surface area contributed by atoms with E-state index in [1.54, 1.807) is 106 Å². The Hall–Kier alpha value is -5.63. The second-order valence-electron chi connectivity index (χ2n) is 18.3. The van der Waals surface area contributed by atoms with Crippen LogP contribution in [0.3, 0.4) is 0 Å². The summed E-state index contributed by atoms with van der Waals surface area (Å²) in [4.78, 5) is 90.7. The number of carboxylic acid groups (broad SMARTS) is 1. The molecule has 18 N–H and O–H groups in total. The number of ether oxygens (including phenoxy) is 4. The van der Waals surface area contributed by atoms with E-state index in [2.05, 4.69) is 32.8 Å². The molecule has 2 rings (SSSR count). The molecule has 48 nitrogen and oxygen atoms in total. The van der Waals surface area contributed by atoms with E-state index in [-0.39, 0.29) is 140 Å². The zero-order chi connectivity index (χ0) is 83.3. The molecule has 106 heavy (non-hydrogen) atoms. The average Bonchev–Trinajstić information content (AvgIpc) is 0.946. The van der Waals surface area contributed by atoms with Gasteiger partial charge < -0.3 is 55.7 Å². The topological polar surface area (TPSA) is 739 Å². The van der Waals surface area contributed by atoms with Crippen molar-refractivity contribution in [3.05, 3.63) is 73.2 Å². The van der Waals surface area contributed by atoms with Crippen LogP contribution >= 0.6 is 0 Å². The average molecular weight is 1650 g/mol. The van der Waals surface area contributed by atoms with Gasteiger partial charge in [-0.15, -0.1) is 31.8 Å². The van der Waals surface area contributed by atoms with Gasteiger partial charge in [-0.3, -0.25) is 65.6 Å². The fraction of sp³-hybridized carbons (Fsp3) is 0.569. The van der Waals surface area contributed by atoms with Gasteiger partial charge in [-0.2, -0.15) is 15.2 Å². The van der Waals surface area contributed by atoms with E-state index in [0.29, 0.717) is 39.5 Å². The first-order valence-electron chi connectivity index (χ1n) is 28.2. The van der Waals surface area contributed by atoms with Gasteiger partial charge in [-0.1, -0.05) is 82.3 Å². The number of carbonyl (C=O) groups is 9. The summed E-state index contributed by atoms with van der Waals surface area (Å²) in [6.45, 7) is 16.9. The Balaban J connectivity index is -0.0000000727. The van der Waals surface area contributed by atoms with Crippen molar-refractivity contribution in [2.24, 2.45) is 0 Å². The molecule has 0 aliphatic heterocycles. The fourth-order valence-electron chi connectivity index (χ4n) is 3.95. The monoisotopic (exact) mass is 1650 g/mol. The molecule has 0 bridgehead atoms. The van der Waals surface area contributed by atoms with Crippen LogP contribution in [-0.2, 0) is 74.8 Å². The van der Waals surface area contributed by atoms with Gasteiger partial charge in [0.25, 0.3) is 5.91 Å². The minimum atomic E-state index is -4.21. The first-order chi connectivity index (χ1) is 47.3. The normalized spacial score (nSPS) is 9.10. The third-order valence-corrected chi connectivity index (χ3v) is 9.81. The number of nitrogens with one attached hydrogen (secondary N) is 6. The largest absolute Gasteiger partial charge is 1.00 e. The van der Waals surface area contributed by atoms with Crippen LogP contribution in [0.25, 0.3) is 0 Å². The number of rotatable bonds is 21. The second-order valence-corrected chi connectivity index (χ2v) is 22.1. The SMILES string of the molecule is CC(=O)N(C)O.CC(=O)NO.CC(C)(C)OC(=O)NO.CCCCCCCCC(=O)NO.CCN(O)CCS(=O)(=O)[O-].CCOC(=O)NO.CN(O)CCC(=O)O.COC(=O)N(C)O.O=C(NO)Oc1ccccc1.O=C(NO)c1ccccc1.O=S(=O)=O.O=S(=O)=O.[CH2-]CN(O)CCS(=O)(=O)[O-].[Na+].[Na+].[Na+]. The van der Waals surface area contributed by atoms with Gasteiger partial charge in [-0.05, 0) is 58.4 Å². The number of para-hydroxylation sites is 1. The van der Waals surface area contributed by atoms with Gasteiger partial charge in [0.2, 0.25) is 17.7 Å². The Morgan fingerprint density at radius 2 is 0.934 bits per heavy atom. The molecule has 0 aliphatic rings. The van der Waals surface area contributed by atoms with E-state index >= 15 is 0 Å². The Bertz CT molecular complexity index is 2880. The molecular weight excluding hydrogens is 1560 g/mol. The summed E-state index contributed by atoms with van der Waals surface area (Å²) in [6.07, 6.45) is 4.09. The van der Waals surface area contributed by atoms with Crippen molar-refractivity contribution in [3.63, 3.8) is 0 Å². The molecule has 606 valence electrons. The smallest absolute Gasteiger partial charge is 0.748 e. The maximum atomic E-state index is 10.7. The van der Waals surface area contributed by atoms with Gasteiger partial charge in [-0.25, -0.2) is 79.0 Å². The minimum Gasteiger partial charge on any atom is -0.748 e. The molecule has 2 aromatic carbocycles. The summed E-state index contributed by atoms with van der Waals surface area (Å²) in [5, 5.41) is 101. The first-order valence-corrected chi connectivity index (χ1v) is 33.3. The Labute approximate surface area is 682 Å². The maximum absolute atomic E-state index is 10.7. The number of hydrogen-bond donors (Lipinski definition) is 18. The van der Waals surface area contributed by atoms with Crippen LogP contribution < -0.4 is 126 Å². The van der Waals surface area contributed by atoms with E-state index in [0.717, 1.165) is 23.0 Å². The minimum absolute atomic E-state index is 0. The molecule has 8 amide bonds. The molecule has 0 fully saturated rings. The number of unbranched alkanes of at least 4 members (excludes halogenated alkanes) is 5. The zero-order valence-electron chi connectivity index (χ0n) is 61.2. The number of hydroxylamine groups is 16. The quantitative estimate of drug-likeness (QED) is 0.0105. The van der Waals surface area contributed by atoms with Gasteiger partial charge >= 0.3 is 140 Å². The van der Waals surface area contributed by atoms with Crippen molar-refractivity contribution in [1.82, 2.24) is 58.2 Å². The molecule has 0 saturated heterocycles.